The van der Waals surface area contributed by atoms with Crippen molar-refractivity contribution in [1.82, 2.24) is 9.78 Å². The minimum Gasteiger partial charge on any atom is -0.399 e. The molecule has 28 heavy (non-hydrogen) atoms. The van der Waals surface area contributed by atoms with Crippen LogP contribution in [0.4, 0.5) is 5.69 Å². The highest BCUT2D eigenvalue weighted by Crippen LogP contribution is 2.36. The fourth-order valence-electron chi connectivity index (χ4n) is 3.90. The van der Waals surface area contributed by atoms with Crippen molar-refractivity contribution in [2.45, 2.75) is 65.2 Å². The summed E-state index contributed by atoms with van der Waals surface area (Å²) in [5.74, 6) is 0.0922. The van der Waals surface area contributed by atoms with Gasteiger partial charge in [-0.25, -0.2) is 0 Å². The maximum Gasteiger partial charge on any atom is 0.494 e. The monoisotopic (exact) mass is 381 g/mol. The molecule has 0 spiro atoms. The number of hydrogen-bond donors (Lipinski definition) is 0. The average Bonchev–Trinajstić information content (AvgIpc) is 3.21. The van der Waals surface area contributed by atoms with E-state index in [4.69, 9.17) is 9.31 Å². The Morgan fingerprint density at radius 1 is 1.07 bits per heavy atom. The smallest absolute Gasteiger partial charge is 0.399 e. The maximum absolute atomic E-state index is 13.0. The van der Waals surface area contributed by atoms with Gasteiger partial charge >= 0.3 is 7.12 Å². The van der Waals surface area contributed by atoms with Crippen LogP contribution in [-0.4, -0.2) is 40.6 Å². The quantitative estimate of drug-likeness (QED) is 0.768. The van der Waals surface area contributed by atoms with Crippen LogP contribution >= 0.6 is 0 Å². The number of rotatable bonds is 3. The predicted octanol–water partition coefficient (Wildman–Crippen LogP) is 2.78. The molecule has 1 atom stereocenters. The van der Waals surface area contributed by atoms with Crippen molar-refractivity contribution in [1.29, 1.82) is 0 Å². The number of anilines is 1. The van der Waals surface area contributed by atoms with Gasteiger partial charge in [0, 0.05) is 17.9 Å². The third-order valence-electron chi connectivity index (χ3n) is 6.25. The Labute approximate surface area is 167 Å². The SMILES string of the molecule is Cc1cc(C)n(C2CCN(c3ccc(B4OC(C)(C)C(C)(C)O4)cc3)C2=O)n1. The first-order valence-electron chi connectivity index (χ1n) is 9.89. The van der Waals surface area contributed by atoms with Gasteiger partial charge in [0.2, 0.25) is 0 Å². The second-order valence-electron chi connectivity index (χ2n) is 8.85. The van der Waals surface area contributed by atoms with Gasteiger partial charge in [-0.15, -0.1) is 0 Å². The fourth-order valence-corrected chi connectivity index (χ4v) is 3.90. The van der Waals surface area contributed by atoms with E-state index in [2.05, 4.69) is 5.10 Å². The van der Waals surface area contributed by atoms with E-state index in [1.807, 2.05) is 81.5 Å². The summed E-state index contributed by atoms with van der Waals surface area (Å²) in [6.45, 7) is 12.8. The molecule has 1 aromatic carbocycles. The molecule has 2 fully saturated rings. The number of aryl methyl sites for hydroxylation is 2. The molecule has 2 saturated heterocycles. The lowest BCUT2D eigenvalue weighted by atomic mass is 9.79. The summed E-state index contributed by atoms with van der Waals surface area (Å²) >= 11 is 0. The second kappa shape index (κ2) is 6.46. The Bertz CT molecular complexity index is 888. The summed E-state index contributed by atoms with van der Waals surface area (Å²) in [6.07, 6.45) is 0.764. The molecular weight excluding hydrogens is 353 g/mol. The molecule has 0 radical (unpaired) electrons. The van der Waals surface area contributed by atoms with Crippen molar-refractivity contribution in [2.24, 2.45) is 0 Å². The number of aromatic nitrogens is 2. The molecule has 0 aliphatic carbocycles. The highest BCUT2D eigenvalue weighted by atomic mass is 16.7. The summed E-state index contributed by atoms with van der Waals surface area (Å²) in [5, 5.41) is 4.50. The number of hydrogen-bond acceptors (Lipinski definition) is 4. The molecule has 0 saturated carbocycles. The van der Waals surface area contributed by atoms with E-state index in [-0.39, 0.29) is 23.2 Å². The van der Waals surface area contributed by atoms with Crippen LogP contribution in [0.1, 0.15) is 51.5 Å². The minimum absolute atomic E-state index is 0.0922. The molecular formula is C21H28BN3O3. The standard InChI is InChI=1S/C21H28BN3O3/c1-14-13-15(2)25(23-14)18-11-12-24(19(18)26)17-9-7-16(8-10-17)22-27-20(3,4)21(5,6)28-22/h7-10,13,18H,11-12H2,1-6H3. The number of amides is 1. The Kier molecular flexibility index (Phi) is 4.43. The van der Waals surface area contributed by atoms with E-state index in [0.717, 1.165) is 29.0 Å². The van der Waals surface area contributed by atoms with Crippen LogP contribution in [-0.2, 0) is 14.1 Å². The van der Waals surface area contributed by atoms with Crippen molar-refractivity contribution in [3.8, 4) is 0 Å². The van der Waals surface area contributed by atoms with Crippen molar-refractivity contribution in [3.63, 3.8) is 0 Å². The lowest BCUT2D eigenvalue weighted by Crippen LogP contribution is -2.41. The Hall–Kier alpha value is -2.12. The number of carbonyl (C=O) groups is 1. The molecule has 148 valence electrons. The second-order valence-corrected chi connectivity index (χ2v) is 8.85. The summed E-state index contributed by atoms with van der Waals surface area (Å²) in [4.78, 5) is 14.8. The van der Waals surface area contributed by atoms with Gasteiger partial charge < -0.3 is 14.2 Å². The molecule has 2 aliphatic heterocycles. The van der Waals surface area contributed by atoms with Gasteiger partial charge in [-0.2, -0.15) is 5.10 Å². The van der Waals surface area contributed by atoms with Gasteiger partial charge in [0.25, 0.3) is 5.91 Å². The Balaban J connectivity index is 1.51. The highest BCUT2D eigenvalue weighted by molar-refractivity contribution is 6.62. The van der Waals surface area contributed by atoms with Gasteiger partial charge in [0.1, 0.15) is 6.04 Å². The van der Waals surface area contributed by atoms with Crippen molar-refractivity contribution in [3.05, 3.63) is 41.7 Å². The zero-order valence-corrected chi connectivity index (χ0v) is 17.5. The lowest BCUT2D eigenvalue weighted by Gasteiger charge is -2.32. The van der Waals surface area contributed by atoms with Gasteiger partial charge in [0.15, 0.2) is 0 Å². The van der Waals surface area contributed by atoms with Gasteiger partial charge in [-0.05, 0) is 71.6 Å². The summed E-state index contributed by atoms with van der Waals surface area (Å²) in [6, 6.07) is 9.71. The third kappa shape index (κ3) is 3.06. The van der Waals surface area contributed by atoms with E-state index < -0.39 is 7.12 Å². The normalized spacial score (nSPS) is 23.6. The topological polar surface area (TPSA) is 56.6 Å². The minimum atomic E-state index is -0.393. The van der Waals surface area contributed by atoms with Gasteiger partial charge in [-0.3, -0.25) is 9.48 Å². The largest absolute Gasteiger partial charge is 0.494 e. The van der Waals surface area contributed by atoms with Crippen molar-refractivity contribution >= 4 is 24.2 Å². The molecule has 0 N–H and O–H groups in total. The molecule has 1 aromatic heterocycles. The molecule has 1 unspecified atom stereocenters. The van der Waals surface area contributed by atoms with Crippen LogP contribution < -0.4 is 10.4 Å². The van der Waals surface area contributed by atoms with Crippen LogP contribution in [0.2, 0.25) is 0 Å². The molecule has 0 bridgehead atoms. The fraction of sp³-hybridized carbons (Fsp3) is 0.524. The van der Waals surface area contributed by atoms with Crippen molar-refractivity contribution < 1.29 is 14.1 Å². The first-order valence-corrected chi connectivity index (χ1v) is 9.89. The molecule has 1 amide bonds. The highest BCUT2D eigenvalue weighted by Gasteiger charge is 2.51. The van der Waals surface area contributed by atoms with Crippen LogP contribution in [0.15, 0.2) is 30.3 Å². The van der Waals surface area contributed by atoms with E-state index in [1.54, 1.807) is 0 Å². The maximum atomic E-state index is 13.0. The van der Waals surface area contributed by atoms with E-state index in [0.29, 0.717) is 6.54 Å². The van der Waals surface area contributed by atoms with Crippen LogP contribution in [0.3, 0.4) is 0 Å². The Morgan fingerprint density at radius 3 is 2.21 bits per heavy atom. The predicted molar refractivity (Wildman–Crippen MR) is 110 cm³/mol. The van der Waals surface area contributed by atoms with Gasteiger partial charge in [-0.1, -0.05) is 12.1 Å². The molecule has 6 nitrogen and oxygen atoms in total. The zero-order valence-electron chi connectivity index (χ0n) is 17.5. The van der Waals surface area contributed by atoms with E-state index in [9.17, 15) is 4.79 Å². The van der Waals surface area contributed by atoms with Gasteiger partial charge in [0.05, 0.1) is 16.9 Å². The molecule has 3 heterocycles. The average molecular weight is 381 g/mol. The number of nitrogens with zero attached hydrogens (tertiary/aromatic N) is 3. The molecule has 2 aromatic rings. The van der Waals surface area contributed by atoms with E-state index >= 15 is 0 Å². The third-order valence-corrected chi connectivity index (χ3v) is 6.25. The van der Waals surface area contributed by atoms with Crippen LogP contribution in [0.25, 0.3) is 0 Å². The summed E-state index contributed by atoms with van der Waals surface area (Å²) in [5.41, 5.74) is 3.09. The molecule has 4 rings (SSSR count). The zero-order chi connectivity index (χ0) is 20.3. The Morgan fingerprint density at radius 2 is 1.68 bits per heavy atom. The lowest BCUT2D eigenvalue weighted by molar-refractivity contribution is -0.120. The van der Waals surface area contributed by atoms with E-state index in [1.165, 1.54) is 0 Å². The van der Waals surface area contributed by atoms with Crippen molar-refractivity contribution in [2.75, 3.05) is 11.4 Å². The number of benzene rings is 1. The molecule has 2 aliphatic rings. The summed E-state index contributed by atoms with van der Waals surface area (Å²) in [7, 11) is -0.393. The van der Waals surface area contributed by atoms with Crippen LogP contribution in [0, 0.1) is 13.8 Å². The first-order chi connectivity index (χ1) is 13.1. The summed E-state index contributed by atoms with van der Waals surface area (Å²) < 4.78 is 14.1. The molecule has 7 heteroatoms. The number of carbonyl (C=O) groups excluding carboxylic acids is 1. The van der Waals surface area contributed by atoms with Crippen LogP contribution in [0.5, 0.6) is 0 Å². The first kappa shape index (κ1) is 19.2.